The Morgan fingerprint density at radius 3 is 1.67 bits per heavy atom. The molecule has 1 aliphatic rings. The fourth-order valence-corrected chi connectivity index (χ4v) is 14.7. The minimum Gasteiger partial charge on any atom is -0.309 e. The van der Waals surface area contributed by atoms with Crippen LogP contribution < -0.4 is 20.9 Å². The van der Waals surface area contributed by atoms with E-state index in [0.29, 0.717) is 5.95 Å². The lowest BCUT2D eigenvalue weighted by atomic mass is 10.0. The Balaban J connectivity index is 1.29. The average molecular weight is 743 g/mol. The van der Waals surface area contributed by atoms with E-state index in [1.165, 1.54) is 42.7 Å². The Labute approximate surface area is 330 Å². The van der Waals surface area contributed by atoms with Crippen molar-refractivity contribution in [2.45, 2.75) is 0 Å². The molecule has 0 atom stereocenters. The van der Waals surface area contributed by atoms with Crippen LogP contribution in [0.4, 0.5) is 0 Å². The number of hydrogen-bond donors (Lipinski definition) is 0. The van der Waals surface area contributed by atoms with Crippen LogP contribution in [0.25, 0.3) is 77.6 Å². The van der Waals surface area contributed by atoms with Gasteiger partial charge < -0.3 is 4.57 Å². The SMILES string of the molecule is c1ccc(-c2nc(-n3c4ccccc4c4ccc5c(c6ccccc6n5-c5ccccc5)c43)nc3c2-c2ccccc2[Si]3(c2ccccc2)c2ccccc2)cc1. The molecule has 11 aromatic rings. The topological polar surface area (TPSA) is 35.6 Å². The van der Waals surface area contributed by atoms with Crippen molar-refractivity contribution in [1.29, 1.82) is 0 Å². The fourth-order valence-electron chi connectivity index (χ4n) is 9.74. The van der Waals surface area contributed by atoms with Crippen LogP contribution in [-0.4, -0.2) is 27.2 Å². The van der Waals surface area contributed by atoms with Crippen molar-refractivity contribution < 1.29 is 0 Å². The maximum Gasteiger partial charge on any atom is 0.235 e. The molecule has 0 radical (unpaired) electrons. The summed E-state index contributed by atoms with van der Waals surface area (Å²) >= 11 is 0. The molecule has 0 saturated carbocycles. The van der Waals surface area contributed by atoms with E-state index in [4.69, 9.17) is 9.97 Å². The molecule has 0 N–H and O–H groups in total. The zero-order valence-corrected chi connectivity index (χ0v) is 31.9. The van der Waals surface area contributed by atoms with Gasteiger partial charge in [0.25, 0.3) is 0 Å². The molecular weight excluding hydrogens is 709 g/mol. The van der Waals surface area contributed by atoms with Gasteiger partial charge in [-0.3, -0.25) is 4.57 Å². The molecule has 0 aliphatic carbocycles. The summed E-state index contributed by atoms with van der Waals surface area (Å²) in [6, 6.07) is 74.7. The van der Waals surface area contributed by atoms with E-state index in [0.717, 1.165) is 49.9 Å². The average Bonchev–Trinajstić information content (AvgIpc) is 3.92. The van der Waals surface area contributed by atoms with Gasteiger partial charge in [0.1, 0.15) is 0 Å². The summed E-state index contributed by atoms with van der Waals surface area (Å²) in [5, 5.41) is 9.81. The first-order chi connectivity index (χ1) is 28.3. The van der Waals surface area contributed by atoms with Crippen molar-refractivity contribution in [3.63, 3.8) is 0 Å². The number of para-hydroxylation sites is 3. The highest BCUT2D eigenvalue weighted by atomic mass is 28.3. The number of hydrogen-bond acceptors (Lipinski definition) is 2. The van der Waals surface area contributed by atoms with E-state index < -0.39 is 8.07 Å². The van der Waals surface area contributed by atoms with E-state index >= 15 is 0 Å². The predicted octanol–water partition coefficient (Wildman–Crippen LogP) is 9.70. The van der Waals surface area contributed by atoms with Gasteiger partial charge in [-0.2, -0.15) is 0 Å². The van der Waals surface area contributed by atoms with Crippen molar-refractivity contribution in [2.75, 3.05) is 0 Å². The Morgan fingerprint density at radius 2 is 0.965 bits per heavy atom. The Hall–Kier alpha value is -7.34. The largest absolute Gasteiger partial charge is 0.309 e. The molecule has 8 aromatic carbocycles. The van der Waals surface area contributed by atoms with Crippen LogP contribution in [0.5, 0.6) is 0 Å². The lowest BCUT2D eigenvalue weighted by Crippen LogP contribution is -2.73. The van der Waals surface area contributed by atoms with Crippen LogP contribution in [0.15, 0.2) is 206 Å². The third-order valence-electron chi connectivity index (χ3n) is 12.0. The van der Waals surface area contributed by atoms with Gasteiger partial charge in [0.15, 0.2) is 0 Å². The maximum absolute atomic E-state index is 5.96. The number of rotatable bonds is 5. The van der Waals surface area contributed by atoms with Crippen LogP contribution >= 0.6 is 0 Å². The van der Waals surface area contributed by atoms with Gasteiger partial charge in [-0.05, 0) is 51.5 Å². The van der Waals surface area contributed by atoms with E-state index in [1.807, 2.05) is 0 Å². The Morgan fingerprint density at radius 1 is 0.404 bits per heavy atom. The van der Waals surface area contributed by atoms with Crippen LogP contribution in [-0.2, 0) is 0 Å². The first-order valence-electron chi connectivity index (χ1n) is 19.5. The molecule has 0 amide bonds. The molecule has 12 rings (SSSR count). The van der Waals surface area contributed by atoms with Gasteiger partial charge in [-0.15, -0.1) is 0 Å². The van der Waals surface area contributed by atoms with Crippen LogP contribution in [0.2, 0.25) is 0 Å². The molecule has 4 nitrogen and oxygen atoms in total. The lowest BCUT2D eigenvalue weighted by molar-refractivity contribution is 1.01. The molecule has 1 aliphatic heterocycles. The normalized spacial score (nSPS) is 13.1. The molecule has 0 fully saturated rings. The molecule has 57 heavy (non-hydrogen) atoms. The van der Waals surface area contributed by atoms with Gasteiger partial charge in [0.05, 0.1) is 33.1 Å². The second kappa shape index (κ2) is 12.3. The highest BCUT2D eigenvalue weighted by Gasteiger charge is 2.51. The highest BCUT2D eigenvalue weighted by molar-refractivity contribution is 7.21. The number of benzene rings is 8. The van der Waals surface area contributed by atoms with Crippen LogP contribution in [0, 0.1) is 0 Å². The van der Waals surface area contributed by atoms with Gasteiger partial charge in [-0.25, -0.2) is 9.97 Å². The maximum atomic E-state index is 5.96. The van der Waals surface area contributed by atoms with Crippen molar-refractivity contribution in [2.24, 2.45) is 0 Å². The van der Waals surface area contributed by atoms with Gasteiger partial charge in [0, 0.05) is 38.4 Å². The predicted molar refractivity (Wildman–Crippen MR) is 239 cm³/mol. The Bertz CT molecular complexity index is 3290. The standard InChI is InChI=1S/C52H34N4Si/c1-5-19-35(20-6-1)49-48-42-29-15-18-32-46(42)57(37-23-9-3-10-24-37,38-25-11-4-12-26-38)51(48)54-52(53-49)56-43-30-16-13-27-39(43)40-33-34-45-47(50(40)56)41-28-14-17-31-44(41)55(45)36-21-7-2-8-22-36/h1-34H. The van der Waals surface area contributed by atoms with Crippen molar-refractivity contribution >= 4 is 72.6 Å². The van der Waals surface area contributed by atoms with Crippen LogP contribution in [0.3, 0.4) is 0 Å². The number of fused-ring (bicyclic) bond motifs is 10. The van der Waals surface area contributed by atoms with E-state index in [2.05, 4.69) is 215 Å². The summed E-state index contributed by atoms with van der Waals surface area (Å²) in [6.07, 6.45) is 0. The quantitative estimate of drug-likeness (QED) is 0.165. The summed E-state index contributed by atoms with van der Waals surface area (Å²) in [6.45, 7) is 0. The van der Waals surface area contributed by atoms with Gasteiger partial charge in [-0.1, -0.05) is 176 Å². The molecule has 0 bridgehead atoms. The summed E-state index contributed by atoms with van der Waals surface area (Å²) in [4.78, 5) is 11.7. The van der Waals surface area contributed by atoms with E-state index in [9.17, 15) is 0 Å². The van der Waals surface area contributed by atoms with E-state index in [-0.39, 0.29) is 0 Å². The molecule has 3 aromatic heterocycles. The molecule has 5 heteroatoms. The van der Waals surface area contributed by atoms with Gasteiger partial charge >= 0.3 is 0 Å². The monoisotopic (exact) mass is 742 g/mol. The molecule has 0 unspecified atom stereocenters. The van der Waals surface area contributed by atoms with Crippen molar-refractivity contribution in [3.05, 3.63) is 206 Å². The zero-order chi connectivity index (χ0) is 37.5. The smallest absolute Gasteiger partial charge is 0.235 e. The second-order valence-electron chi connectivity index (χ2n) is 14.9. The number of nitrogens with zero attached hydrogens (tertiary/aromatic N) is 4. The molecular formula is C52H34N4Si. The highest BCUT2D eigenvalue weighted by Crippen LogP contribution is 2.43. The third-order valence-corrected chi connectivity index (χ3v) is 16.7. The molecule has 4 heterocycles. The Kier molecular flexibility index (Phi) is 6.91. The summed E-state index contributed by atoms with van der Waals surface area (Å²) in [7, 11) is -2.97. The zero-order valence-electron chi connectivity index (χ0n) is 30.9. The first-order valence-corrected chi connectivity index (χ1v) is 21.5. The fraction of sp³-hybridized carbons (Fsp3) is 0. The third kappa shape index (κ3) is 4.43. The lowest BCUT2D eigenvalue weighted by Gasteiger charge is -2.30. The second-order valence-corrected chi connectivity index (χ2v) is 18.6. The number of aromatic nitrogens is 4. The minimum atomic E-state index is -2.97. The summed E-state index contributed by atoms with van der Waals surface area (Å²) in [5.74, 6) is 0.680. The summed E-state index contributed by atoms with van der Waals surface area (Å²) in [5.41, 5.74) is 10.0. The minimum absolute atomic E-state index is 0.680. The summed E-state index contributed by atoms with van der Waals surface area (Å²) < 4.78 is 4.75. The molecule has 266 valence electrons. The van der Waals surface area contributed by atoms with Crippen LogP contribution in [0.1, 0.15) is 0 Å². The van der Waals surface area contributed by atoms with Crippen molar-refractivity contribution in [1.82, 2.24) is 19.1 Å². The van der Waals surface area contributed by atoms with Gasteiger partial charge in [0.2, 0.25) is 14.0 Å². The van der Waals surface area contributed by atoms with Crippen molar-refractivity contribution in [3.8, 4) is 34.0 Å². The van der Waals surface area contributed by atoms with E-state index in [1.54, 1.807) is 0 Å². The first kappa shape index (κ1) is 32.0. The molecule has 0 saturated heterocycles. The molecule has 0 spiro atoms.